The summed E-state index contributed by atoms with van der Waals surface area (Å²) < 4.78 is 1.97. The fourth-order valence-corrected chi connectivity index (χ4v) is 3.97. The van der Waals surface area contributed by atoms with Crippen LogP contribution >= 0.6 is 11.8 Å². The van der Waals surface area contributed by atoms with Crippen LogP contribution in [0.4, 0.5) is 4.79 Å². The minimum absolute atomic E-state index is 0. The van der Waals surface area contributed by atoms with Crippen molar-refractivity contribution in [3.63, 3.8) is 0 Å². The predicted molar refractivity (Wildman–Crippen MR) is 106 cm³/mol. The molecule has 0 radical (unpaired) electrons. The smallest absolute Gasteiger partial charge is 0.317 e. The molecule has 1 aliphatic carbocycles. The first kappa shape index (κ1) is 24.2. The van der Waals surface area contributed by atoms with Gasteiger partial charge >= 0.3 is 6.03 Å². The van der Waals surface area contributed by atoms with Gasteiger partial charge in [0.1, 0.15) is 7.05 Å². The topological polar surface area (TPSA) is 53.3 Å². The lowest BCUT2D eigenvalue weighted by Gasteiger charge is -2.27. The molecule has 1 aromatic rings. The SMILES string of the molecule is CC(=O)SCCN(CCC1CCCCC1)C(=O)NCc1cc[n+](C)cc1.[I-]. The number of amides is 2. The third-order valence-corrected chi connectivity index (χ3v) is 5.77. The van der Waals surface area contributed by atoms with Crippen LogP contribution in [0.1, 0.15) is 51.0 Å². The number of aryl methyl sites for hydroxylation is 1. The van der Waals surface area contributed by atoms with Gasteiger partial charge in [0.25, 0.3) is 0 Å². The van der Waals surface area contributed by atoms with E-state index in [1.807, 2.05) is 41.0 Å². The predicted octanol–water partition coefficient (Wildman–Crippen LogP) is 0.277. The quantitative estimate of drug-likeness (QED) is 0.408. The lowest BCUT2D eigenvalue weighted by atomic mass is 9.87. The number of urea groups is 1. The number of halogens is 1. The van der Waals surface area contributed by atoms with E-state index >= 15 is 0 Å². The second-order valence-corrected chi connectivity index (χ2v) is 8.42. The van der Waals surface area contributed by atoms with Crippen LogP contribution < -0.4 is 33.9 Å². The van der Waals surface area contributed by atoms with Crippen LogP contribution in [0.3, 0.4) is 0 Å². The monoisotopic (exact) mass is 505 g/mol. The molecule has 2 amide bonds. The van der Waals surface area contributed by atoms with Gasteiger partial charge in [0, 0.05) is 44.4 Å². The number of hydrogen-bond donors (Lipinski definition) is 1. The van der Waals surface area contributed by atoms with Gasteiger partial charge in [-0.1, -0.05) is 43.9 Å². The number of nitrogens with zero attached hydrogens (tertiary/aromatic N) is 2. The summed E-state index contributed by atoms with van der Waals surface area (Å²) in [6.45, 7) is 3.50. The number of thioether (sulfide) groups is 1. The molecule has 1 heterocycles. The number of aromatic nitrogens is 1. The highest BCUT2D eigenvalue weighted by atomic mass is 127. The number of carbonyl (C=O) groups excluding carboxylic acids is 2. The van der Waals surface area contributed by atoms with Crippen molar-refractivity contribution in [2.45, 2.75) is 52.0 Å². The number of nitrogens with one attached hydrogen (secondary N) is 1. The van der Waals surface area contributed by atoms with Crippen LogP contribution in [0.2, 0.25) is 0 Å². The highest BCUT2D eigenvalue weighted by molar-refractivity contribution is 8.13. The lowest BCUT2D eigenvalue weighted by Crippen LogP contribution is -3.00. The van der Waals surface area contributed by atoms with Gasteiger partial charge in [-0.2, -0.15) is 0 Å². The summed E-state index contributed by atoms with van der Waals surface area (Å²) in [6, 6.07) is 3.99. The summed E-state index contributed by atoms with van der Waals surface area (Å²) in [4.78, 5) is 25.7. The van der Waals surface area contributed by atoms with E-state index in [1.54, 1.807) is 6.92 Å². The molecule has 0 aliphatic heterocycles. The Morgan fingerprint density at radius 2 is 1.85 bits per heavy atom. The minimum atomic E-state index is -0.0295. The highest BCUT2D eigenvalue weighted by Gasteiger charge is 2.18. The van der Waals surface area contributed by atoms with Gasteiger partial charge in [-0.05, 0) is 17.9 Å². The average molecular weight is 505 g/mol. The summed E-state index contributed by atoms with van der Waals surface area (Å²) in [7, 11) is 1.97. The average Bonchev–Trinajstić information content (AvgIpc) is 2.64. The first-order valence-electron chi connectivity index (χ1n) is 9.65. The Kier molecular flexibility index (Phi) is 12.0. The van der Waals surface area contributed by atoms with Crippen LogP contribution in [0, 0.1) is 5.92 Å². The molecule has 1 aliphatic rings. The van der Waals surface area contributed by atoms with Crippen molar-refractivity contribution in [1.29, 1.82) is 0 Å². The first-order valence-corrected chi connectivity index (χ1v) is 10.6. The zero-order chi connectivity index (χ0) is 18.8. The zero-order valence-electron chi connectivity index (χ0n) is 16.5. The van der Waals surface area contributed by atoms with Crippen molar-refractivity contribution in [2.24, 2.45) is 13.0 Å². The third-order valence-electron chi connectivity index (χ3n) is 4.98. The molecular formula is C20H32IN3O2S. The molecule has 1 aromatic heterocycles. The Balaban J connectivity index is 0.00000364. The van der Waals surface area contributed by atoms with Crippen LogP contribution in [-0.4, -0.2) is 34.9 Å². The molecule has 1 N–H and O–H groups in total. The molecule has 0 atom stereocenters. The molecular weight excluding hydrogens is 473 g/mol. The van der Waals surface area contributed by atoms with Crippen molar-refractivity contribution in [1.82, 2.24) is 10.2 Å². The van der Waals surface area contributed by atoms with E-state index in [0.717, 1.165) is 24.4 Å². The van der Waals surface area contributed by atoms with Crippen molar-refractivity contribution in [3.05, 3.63) is 30.1 Å². The van der Waals surface area contributed by atoms with Gasteiger partial charge in [-0.25, -0.2) is 9.36 Å². The number of rotatable bonds is 8. The van der Waals surface area contributed by atoms with Crippen LogP contribution in [0.25, 0.3) is 0 Å². The van der Waals surface area contributed by atoms with Gasteiger partial charge in [0.05, 0.1) is 0 Å². The van der Waals surface area contributed by atoms with Crippen molar-refractivity contribution >= 4 is 22.9 Å². The number of carbonyl (C=O) groups is 2. The van der Waals surface area contributed by atoms with E-state index in [2.05, 4.69) is 5.32 Å². The molecule has 5 nitrogen and oxygen atoms in total. The molecule has 0 spiro atoms. The van der Waals surface area contributed by atoms with Gasteiger partial charge in [0.2, 0.25) is 0 Å². The summed E-state index contributed by atoms with van der Waals surface area (Å²) >= 11 is 1.29. The fourth-order valence-electron chi connectivity index (χ4n) is 3.37. The van der Waals surface area contributed by atoms with E-state index in [0.29, 0.717) is 18.8 Å². The van der Waals surface area contributed by atoms with Crippen molar-refractivity contribution in [2.75, 3.05) is 18.8 Å². The van der Waals surface area contributed by atoms with Crippen LogP contribution in [-0.2, 0) is 18.4 Å². The van der Waals surface area contributed by atoms with Crippen molar-refractivity contribution < 1.29 is 38.1 Å². The highest BCUT2D eigenvalue weighted by Crippen LogP contribution is 2.26. The molecule has 0 aromatic carbocycles. The molecule has 0 bridgehead atoms. The van der Waals surface area contributed by atoms with Gasteiger partial charge < -0.3 is 34.2 Å². The fraction of sp³-hybridized carbons (Fsp3) is 0.650. The van der Waals surface area contributed by atoms with Crippen molar-refractivity contribution in [3.8, 4) is 0 Å². The second-order valence-electron chi connectivity index (χ2n) is 7.15. The van der Waals surface area contributed by atoms with E-state index in [9.17, 15) is 9.59 Å². The summed E-state index contributed by atoms with van der Waals surface area (Å²) in [5.74, 6) is 1.41. The standard InChI is InChI=1S/C20H31N3O2S.HI/c1-17(24)26-15-14-23(13-10-18-6-4-3-5-7-18)20(25)21-16-19-8-11-22(2)12-9-19;/h8-9,11-12,18H,3-7,10,13-16H2,1-2H3;1H. The lowest BCUT2D eigenvalue weighted by molar-refractivity contribution is -0.671. The van der Waals surface area contributed by atoms with Crippen LogP contribution in [0.15, 0.2) is 24.5 Å². The largest absolute Gasteiger partial charge is 1.00 e. The van der Waals surface area contributed by atoms with E-state index in [-0.39, 0.29) is 35.1 Å². The van der Waals surface area contributed by atoms with Gasteiger partial charge in [0.15, 0.2) is 17.5 Å². The third kappa shape index (κ3) is 9.78. The molecule has 7 heteroatoms. The van der Waals surface area contributed by atoms with Gasteiger partial charge in [-0.3, -0.25) is 4.79 Å². The van der Waals surface area contributed by atoms with E-state index in [1.165, 1.54) is 43.9 Å². The number of hydrogen-bond acceptors (Lipinski definition) is 3. The maximum Gasteiger partial charge on any atom is 0.317 e. The molecule has 0 unspecified atom stereocenters. The summed E-state index contributed by atoms with van der Waals surface area (Å²) in [5, 5.41) is 3.13. The summed E-state index contributed by atoms with van der Waals surface area (Å²) in [5.41, 5.74) is 1.08. The Hall–Kier alpha value is -0.830. The maximum absolute atomic E-state index is 12.6. The Morgan fingerprint density at radius 3 is 2.48 bits per heavy atom. The molecule has 0 saturated heterocycles. The molecule has 1 fully saturated rings. The maximum atomic E-state index is 12.6. The molecule has 152 valence electrons. The molecule has 1 saturated carbocycles. The second kappa shape index (κ2) is 13.4. The molecule has 2 rings (SSSR count). The number of pyridine rings is 1. The first-order chi connectivity index (χ1) is 12.5. The van der Waals surface area contributed by atoms with E-state index in [4.69, 9.17) is 0 Å². The van der Waals surface area contributed by atoms with E-state index < -0.39 is 0 Å². The Labute approximate surface area is 184 Å². The minimum Gasteiger partial charge on any atom is -1.00 e. The summed E-state index contributed by atoms with van der Waals surface area (Å²) in [6.07, 6.45) is 11.6. The zero-order valence-corrected chi connectivity index (χ0v) is 19.4. The Bertz CT molecular complexity index is 577. The van der Waals surface area contributed by atoms with Gasteiger partial charge in [-0.15, -0.1) is 0 Å². The van der Waals surface area contributed by atoms with Crippen LogP contribution in [0.5, 0.6) is 0 Å². The normalized spacial score (nSPS) is 14.3. The Morgan fingerprint density at radius 1 is 1.19 bits per heavy atom. The molecule has 27 heavy (non-hydrogen) atoms.